The Balaban J connectivity index is 1.35. The molecule has 5 rings (SSSR count). The summed E-state index contributed by atoms with van der Waals surface area (Å²) in [6, 6.07) is 17.0. The number of fused-ring (bicyclic) bond motifs is 1. The second-order valence-corrected chi connectivity index (χ2v) is 11.6. The fourth-order valence-electron chi connectivity index (χ4n) is 5.98. The molecule has 2 aromatic carbocycles. The highest BCUT2D eigenvalue weighted by molar-refractivity contribution is 6.00. The second-order valence-electron chi connectivity index (χ2n) is 11.6. The molecule has 2 amide bonds. The van der Waals surface area contributed by atoms with Gasteiger partial charge in [-0.3, -0.25) is 14.4 Å². The number of halogens is 1. The second kappa shape index (κ2) is 15.3. The maximum atomic E-state index is 13.9. The minimum Gasteiger partial charge on any atom is -0.462 e. The van der Waals surface area contributed by atoms with Crippen LogP contribution in [0.4, 0.5) is 4.39 Å². The molecule has 2 saturated heterocycles. The lowest BCUT2D eigenvalue weighted by molar-refractivity contribution is -0.135. The molecule has 3 N–H and O–H groups in total. The van der Waals surface area contributed by atoms with E-state index in [1.54, 1.807) is 18.2 Å². The highest BCUT2D eigenvalue weighted by atomic mass is 19.1. The van der Waals surface area contributed by atoms with Crippen LogP contribution in [0.1, 0.15) is 49.0 Å². The number of nitrogens with one attached hydrogen (secondary N) is 3. The molecule has 46 heavy (non-hydrogen) atoms. The Morgan fingerprint density at radius 2 is 1.93 bits per heavy atom. The topological polar surface area (TPSA) is 117 Å². The summed E-state index contributed by atoms with van der Waals surface area (Å²) < 4.78 is 18.9. The molecule has 1 aromatic heterocycles. The van der Waals surface area contributed by atoms with Crippen LogP contribution in [0.15, 0.2) is 103 Å². The van der Waals surface area contributed by atoms with Crippen molar-refractivity contribution in [1.29, 1.82) is 0 Å². The lowest BCUT2D eigenvalue weighted by Gasteiger charge is -2.22. The number of ketones is 1. The van der Waals surface area contributed by atoms with Crippen LogP contribution in [0.5, 0.6) is 0 Å². The largest absolute Gasteiger partial charge is 0.462 e. The van der Waals surface area contributed by atoms with Crippen molar-refractivity contribution < 1.29 is 28.3 Å². The molecule has 0 unspecified atom stereocenters. The molecule has 3 heterocycles. The predicted molar refractivity (Wildman–Crippen MR) is 175 cm³/mol. The number of carbonyl (C=O) groups excluding carboxylic acids is 4. The number of hydrogen-bond acceptors (Lipinski definition) is 5. The van der Waals surface area contributed by atoms with Crippen molar-refractivity contribution in [2.24, 2.45) is 11.8 Å². The zero-order valence-electron chi connectivity index (χ0n) is 25.6. The maximum absolute atomic E-state index is 13.9. The summed E-state index contributed by atoms with van der Waals surface area (Å²) in [7, 11) is 0. The molecule has 0 spiro atoms. The monoisotopic (exact) mass is 623 g/mol. The number of allylic oxidation sites excluding steroid dienone is 5. The van der Waals surface area contributed by atoms with Crippen molar-refractivity contribution in [3.8, 4) is 11.3 Å². The Morgan fingerprint density at radius 1 is 1.11 bits per heavy atom. The Labute approximate surface area is 267 Å². The number of Topliss-reactive ketones (excluding diaryl/α,β-unsaturated/α-hetero) is 1. The van der Waals surface area contributed by atoms with Crippen LogP contribution in [-0.2, 0) is 19.1 Å². The molecule has 0 bridgehead atoms. The van der Waals surface area contributed by atoms with E-state index in [1.807, 2.05) is 48.5 Å². The fraction of sp³-hybridized carbons (Fsp3) is 0.297. The first kappa shape index (κ1) is 32.3. The Bertz CT molecular complexity index is 1710. The third-order valence-corrected chi connectivity index (χ3v) is 8.40. The number of cyclic esters (lactones) is 1. The number of aromatic amines is 1. The van der Waals surface area contributed by atoms with Gasteiger partial charge in [-0.25, -0.2) is 9.18 Å². The normalized spacial score (nSPS) is 18.9. The van der Waals surface area contributed by atoms with Crippen molar-refractivity contribution in [3.63, 3.8) is 0 Å². The quantitative estimate of drug-likeness (QED) is 0.0846. The first-order chi connectivity index (χ1) is 22.3. The Kier molecular flexibility index (Phi) is 10.8. The van der Waals surface area contributed by atoms with Crippen LogP contribution in [0, 0.1) is 11.8 Å². The minimum atomic E-state index is -0.748. The van der Waals surface area contributed by atoms with Crippen molar-refractivity contribution in [2.45, 2.75) is 44.6 Å². The van der Waals surface area contributed by atoms with Gasteiger partial charge in [0.15, 0.2) is 5.78 Å². The van der Waals surface area contributed by atoms with Gasteiger partial charge in [-0.05, 0) is 60.7 Å². The lowest BCUT2D eigenvalue weighted by atomic mass is 9.92. The summed E-state index contributed by atoms with van der Waals surface area (Å²) in [4.78, 5) is 55.2. The van der Waals surface area contributed by atoms with Crippen molar-refractivity contribution >= 4 is 34.3 Å². The predicted octanol–water partition coefficient (Wildman–Crippen LogP) is 6.28. The van der Waals surface area contributed by atoms with E-state index in [0.29, 0.717) is 43.5 Å². The number of hydrogen-bond donors (Lipinski definition) is 3. The van der Waals surface area contributed by atoms with Crippen molar-refractivity contribution in [3.05, 3.63) is 109 Å². The highest BCUT2D eigenvalue weighted by Gasteiger charge is 2.31. The van der Waals surface area contributed by atoms with Crippen LogP contribution in [0.25, 0.3) is 22.0 Å². The van der Waals surface area contributed by atoms with Crippen LogP contribution in [0.2, 0.25) is 0 Å². The molecule has 2 aliphatic rings. The van der Waals surface area contributed by atoms with E-state index >= 15 is 0 Å². The van der Waals surface area contributed by atoms with E-state index in [9.17, 15) is 23.6 Å². The summed E-state index contributed by atoms with van der Waals surface area (Å²) in [5.41, 5.74) is 2.59. The smallest absolute Gasteiger partial charge is 0.333 e. The number of amides is 2. The number of rotatable bonds is 14. The summed E-state index contributed by atoms with van der Waals surface area (Å²) in [5.74, 6) is -2.67. The van der Waals surface area contributed by atoms with Crippen LogP contribution < -0.4 is 10.6 Å². The first-order valence-corrected chi connectivity index (χ1v) is 15.6. The molecule has 238 valence electrons. The fourth-order valence-corrected chi connectivity index (χ4v) is 5.98. The molecule has 0 radical (unpaired) electrons. The summed E-state index contributed by atoms with van der Waals surface area (Å²) in [6.07, 6.45) is 9.07. The van der Waals surface area contributed by atoms with Gasteiger partial charge in [-0.1, -0.05) is 67.3 Å². The molecule has 8 nitrogen and oxygen atoms in total. The average Bonchev–Trinajstić information content (AvgIpc) is 3.80. The van der Waals surface area contributed by atoms with Gasteiger partial charge in [0.05, 0.1) is 12.3 Å². The third-order valence-electron chi connectivity index (χ3n) is 8.40. The summed E-state index contributed by atoms with van der Waals surface area (Å²) in [5, 5.41) is 7.95. The Morgan fingerprint density at radius 3 is 2.70 bits per heavy atom. The lowest BCUT2D eigenvalue weighted by Crippen LogP contribution is -2.40. The van der Waals surface area contributed by atoms with E-state index < -0.39 is 23.8 Å². The first-order valence-electron chi connectivity index (χ1n) is 15.6. The van der Waals surface area contributed by atoms with Gasteiger partial charge in [0.25, 0.3) is 0 Å². The zero-order chi connectivity index (χ0) is 32.5. The van der Waals surface area contributed by atoms with Gasteiger partial charge in [-0.2, -0.15) is 0 Å². The van der Waals surface area contributed by atoms with Crippen molar-refractivity contribution in [2.75, 3.05) is 13.2 Å². The highest BCUT2D eigenvalue weighted by Crippen LogP contribution is 2.29. The number of ether oxygens (including phenoxy) is 1. The van der Waals surface area contributed by atoms with Crippen LogP contribution in [0.3, 0.4) is 0 Å². The number of carbonyl (C=O) groups is 4. The molecule has 3 atom stereocenters. The number of aromatic nitrogens is 1. The molecule has 2 fully saturated rings. The van der Waals surface area contributed by atoms with E-state index in [0.717, 1.165) is 22.0 Å². The molecule has 2 aliphatic heterocycles. The van der Waals surface area contributed by atoms with Gasteiger partial charge < -0.3 is 20.4 Å². The maximum Gasteiger partial charge on any atom is 0.333 e. The zero-order valence-corrected chi connectivity index (χ0v) is 25.6. The van der Waals surface area contributed by atoms with Gasteiger partial charge in [-0.15, -0.1) is 0 Å². The third kappa shape index (κ3) is 8.15. The van der Waals surface area contributed by atoms with E-state index in [2.05, 4.69) is 22.2 Å². The van der Waals surface area contributed by atoms with Gasteiger partial charge in [0.2, 0.25) is 11.8 Å². The van der Waals surface area contributed by atoms with Crippen LogP contribution in [-0.4, -0.2) is 47.7 Å². The van der Waals surface area contributed by atoms with Crippen LogP contribution >= 0.6 is 0 Å². The number of H-pyrrole nitrogens is 1. The minimum absolute atomic E-state index is 0.0879. The summed E-state index contributed by atoms with van der Waals surface area (Å²) in [6.45, 7) is 4.31. The van der Waals surface area contributed by atoms with E-state index in [-0.39, 0.29) is 43.0 Å². The van der Waals surface area contributed by atoms with Crippen molar-refractivity contribution in [1.82, 2.24) is 15.6 Å². The molecule has 0 aliphatic carbocycles. The number of benzene rings is 2. The van der Waals surface area contributed by atoms with Gasteiger partial charge >= 0.3 is 5.97 Å². The molecule has 3 aromatic rings. The molecule has 0 saturated carbocycles. The van der Waals surface area contributed by atoms with Gasteiger partial charge in [0, 0.05) is 54.1 Å². The van der Waals surface area contributed by atoms with Gasteiger partial charge in [0.1, 0.15) is 5.83 Å². The SMILES string of the molecule is C=C/C=C(F)\C=C/CC[C@H](CC(=O)c1ccc(-c2cccc3ccccc23)[nH]1)C(=O)N[C@H](/C=C1\CCOC1=O)C[C@@H]1CCNC1=O. The Hall–Kier alpha value is -5.05. The molecule has 9 heteroatoms. The number of esters is 1. The average molecular weight is 624 g/mol. The molecular weight excluding hydrogens is 585 g/mol. The summed E-state index contributed by atoms with van der Waals surface area (Å²) >= 11 is 0. The standard InChI is InChI=1S/C37H38FN3O5/c1-2-8-28(38)12-5-3-10-25(36(44)40-29(21-26-17-19-39-35(26)43)22-27-18-20-46-37(27)45)23-34(42)33-16-15-32(41-33)31-14-7-11-24-9-4-6-13-30(24)31/h2,4-9,11-16,22,25-26,29,41H,1,3,10,17-21,23H2,(H,39,43)(H,40,44)/b12-5-,27-22+,28-8+/t25-,26+,29+/m1/s1. The molecular formula is C37H38FN3O5. The van der Waals surface area contributed by atoms with E-state index in [1.165, 1.54) is 18.2 Å². The van der Waals surface area contributed by atoms with E-state index in [4.69, 9.17) is 4.74 Å².